The first kappa shape index (κ1) is 13.8. The largest absolute Gasteiger partial charge is 0.350 e. The molecule has 110 valence electrons. The van der Waals surface area contributed by atoms with Crippen LogP contribution in [0.2, 0.25) is 0 Å². The van der Waals surface area contributed by atoms with Crippen molar-refractivity contribution in [1.29, 1.82) is 0 Å². The summed E-state index contributed by atoms with van der Waals surface area (Å²) in [4.78, 5) is 4.48. The number of nitrogens with zero attached hydrogens (tertiary/aromatic N) is 3. The molecule has 0 aliphatic heterocycles. The van der Waals surface area contributed by atoms with Crippen LogP contribution in [0.3, 0.4) is 0 Å². The summed E-state index contributed by atoms with van der Waals surface area (Å²) >= 11 is 0. The third kappa shape index (κ3) is 3.48. The summed E-state index contributed by atoms with van der Waals surface area (Å²) in [5.74, 6) is 1.31. The molecule has 5 heteroatoms. The van der Waals surface area contributed by atoms with Crippen LogP contribution in [0.4, 0.5) is 17.5 Å². The standard InChI is InChI=1S/C16H21N5/c1-16(2,3)12-6-4-5-7-13(12)19-14-10-17-21-15(20-14)18-11-8-9-11/h4-7,10-11H,8-9H2,1-3H3,(H2,18,19,20,21). The lowest BCUT2D eigenvalue weighted by Gasteiger charge is -2.23. The predicted octanol–water partition coefficient (Wildman–Crippen LogP) is 3.49. The molecule has 0 bridgehead atoms. The number of anilines is 3. The van der Waals surface area contributed by atoms with Crippen LogP contribution in [-0.2, 0) is 5.41 Å². The van der Waals surface area contributed by atoms with Crippen molar-refractivity contribution in [1.82, 2.24) is 15.2 Å². The minimum atomic E-state index is 0.0686. The Morgan fingerprint density at radius 2 is 1.90 bits per heavy atom. The van der Waals surface area contributed by atoms with E-state index in [1.165, 1.54) is 18.4 Å². The number of benzene rings is 1. The molecule has 1 aliphatic rings. The first-order valence-corrected chi connectivity index (χ1v) is 7.35. The second kappa shape index (κ2) is 5.31. The van der Waals surface area contributed by atoms with E-state index in [1.54, 1.807) is 6.20 Å². The molecular formula is C16H21N5. The molecule has 5 nitrogen and oxygen atoms in total. The first-order valence-electron chi connectivity index (χ1n) is 7.35. The Morgan fingerprint density at radius 3 is 2.62 bits per heavy atom. The number of hydrogen-bond acceptors (Lipinski definition) is 5. The van der Waals surface area contributed by atoms with Gasteiger partial charge in [0.25, 0.3) is 0 Å². The van der Waals surface area contributed by atoms with Crippen molar-refractivity contribution in [3.63, 3.8) is 0 Å². The number of rotatable bonds is 4. The van der Waals surface area contributed by atoms with Gasteiger partial charge in [0.05, 0.1) is 6.20 Å². The lowest BCUT2D eigenvalue weighted by atomic mass is 9.86. The van der Waals surface area contributed by atoms with E-state index in [4.69, 9.17) is 0 Å². The topological polar surface area (TPSA) is 62.7 Å². The van der Waals surface area contributed by atoms with Crippen LogP contribution < -0.4 is 10.6 Å². The van der Waals surface area contributed by atoms with Gasteiger partial charge in [-0.05, 0) is 29.9 Å². The zero-order valence-corrected chi connectivity index (χ0v) is 12.7. The molecule has 21 heavy (non-hydrogen) atoms. The monoisotopic (exact) mass is 283 g/mol. The SMILES string of the molecule is CC(C)(C)c1ccccc1Nc1cnnc(NC2CC2)n1. The fraction of sp³-hybridized carbons (Fsp3) is 0.438. The maximum absolute atomic E-state index is 4.48. The Balaban J connectivity index is 1.83. The van der Waals surface area contributed by atoms with Gasteiger partial charge in [-0.2, -0.15) is 10.1 Å². The van der Waals surface area contributed by atoms with Gasteiger partial charge >= 0.3 is 0 Å². The Kier molecular flexibility index (Phi) is 3.49. The zero-order valence-electron chi connectivity index (χ0n) is 12.7. The van der Waals surface area contributed by atoms with E-state index < -0.39 is 0 Å². The van der Waals surface area contributed by atoms with Crippen molar-refractivity contribution in [2.75, 3.05) is 10.6 Å². The Morgan fingerprint density at radius 1 is 1.14 bits per heavy atom. The highest BCUT2D eigenvalue weighted by Crippen LogP contribution is 2.31. The van der Waals surface area contributed by atoms with Crippen LogP contribution in [-0.4, -0.2) is 21.2 Å². The van der Waals surface area contributed by atoms with E-state index in [0.717, 1.165) is 5.69 Å². The molecule has 1 aliphatic carbocycles. The smallest absolute Gasteiger partial charge is 0.244 e. The molecular weight excluding hydrogens is 262 g/mol. The van der Waals surface area contributed by atoms with Crippen LogP contribution in [0.15, 0.2) is 30.5 Å². The molecule has 1 aromatic heterocycles. The van der Waals surface area contributed by atoms with Crippen molar-refractivity contribution >= 4 is 17.5 Å². The second-order valence-electron chi connectivity index (χ2n) is 6.50. The van der Waals surface area contributed by atoms with Gasteiger partial charge in [0.2, 0.25) is 5.95 Å². The fourth-order valence-electron chi connectivity index (χ4n) is 2.22. The van der Waals surface area contributed by atoms with E-state index in [1.807, 2.05) is 6.07 Å². The molecule has 0 unspecified atom stereocenters. The second-order valence-corrected chi connectivity index (χ2v) is 6.50. The van der Waals surface area contributed by atoms with Crippen LogP contribution in [0.5, 0.6) is 0 Å². The van der Waals surface area contributed by atoms with Gasteiger partial charge in [0.15, 0.2) is 5.82 Å². The Labute approximate surface area is 125 Å². The lowest BCUT2D eigenvalue weighted by Crippen LogP contribution is -2.14. The summed E-state index contributed by atoms with van der Waals surface area (Å²) in [5, 5.41) is 14.7. The first-order chi connectivity index (χ1) is 10.0. The number of para-hydroxylation sites is 1. The van der Waals surface area contributed by atoms with E-state index >= 15 is 0 Å². The molecule has 1 aromatic carbocycles. The minimum Gasteiger partial charge on any atom is -0.350 e. The van der Waals surface area contributed by atoms with Gasteiger partial charge in [-0.25, -0.2) is 0 Å². The van der Waals surface area contributed by atoms with Crippen molar-refractivity contribution in [2.45, 2.75) is 45.1 Å². The summed E-state index contributed by atoms with van der Waals surface area (Å²) in [7, 11) is 0. The quantitative estimate of drug-likeness (QED) is 0.899. The molecule has 0 spiro atoms. The van der Waals surface area contributed by atoms with E-state index in [-0.39, 0.29) is 5.41 Å². The maximum Gasteiger partial charge on any atom is 0.244 e. The third-order valence-corrected chi connectivity index (χ3v) is 3.47. The van der Waals surface area contributed by atoms with E-state index in [2.05, 4.69) is 64.8 Å². The summed E-state index contributed by atoms with van der Waals surface area (Å²) in [6.07, 6.45) is 4.03. The molecule has 1 heterocycles. The van der Waals surface area contributed by atoms with Gasteiger partial charge in [-0.15, -0.1) is 5.10 Å². The van der Waals surface area contributed by atoms with Crippen LogP contribution >= 0.6 is 0 Å². The maximum atomic E-state index is 4.48. The number of aromatic nitrogens is 3. The molecule has 0 atom stereocenters. The van der Waals surface area contributed by atoms with Gasteiger partial charge in [-0.1, -0.05) is 39.0 Å². The Hall–Kier alpha value is -2.17. The molecule has 1 saturated carbocycles. The molecule has 0 radical (unpaired) electrons. The average molecular weight is 283 g/mol. The van der Waals surface area contributed by atoms with Crippen molar-refractivity contribution in [3.05, 3.63) is 36.0 Å². The molecule has 1 fully saturated rings. The van der Waals surface area contributed by atoms with Crippen LogP contribution in [0, 0.1) is 0 Å². The number of hydrogen-bond donors (Lipinski definition) is 2. The summed E-state index contributed by atoms with van der Waals surface area (Å²) < 4.78 is 0. The van der Waals surface area contributed by atoms with Crippen LogP contribution in [0.1, 0.15) is 39.2 Å². The van der Waals surface area contributed by atoms with Gasteiger partial charge in [0.1, 0.15) is 0 Å². The summed E-state index contributed by atoms with van der Waals surface area (Å²) in [6, 6.07) is 8.81. The van der Waals surface area contributed by atoms with E-state index in [0.29, 0.717) is 17.8 Å². The third-order valence-electron chi connectivity index (χ3n) is 3.47. The highest BCUT2D eigenvalue weighted by atomic mass is 15.3. The van der Waals surface area contributed by atoms with Gasteiger partial charge in [0, 0.05) is 11.7 Å². The Bertz CT molecular complexity index is 629. The normalized spacial score (nSPS) is 14.8. The fourth-order valence-corrected chi connectivity index (χ4v) is 2.22. The lowest BCUT2D eigenvalue weighted by molar-refractivity contribution is 0.592. The van der Waals surface area contributed by atoms with Crippen molar-refractivity contribution < 1.29 is 0 Å². The van der Waals surface area contributed by atoms with E-state index in [9.17, 15) is 0 Å². The molecule has 0 amide bonds. The molecule has 2 aromatic rings. The summed E-state index contributed by atoms with van der Waals surface area (Å²) in [6.45, 7) is 6.60. The number of nitrogens with one attached hydrogen (secondary N) is 2. The molecule has 3 rings (SSSR count). The zero-order chi connectivity index (χ0) is 14.9. The predicted molar refractivity (Wildman–Crippen MR) is 84.9 cm³/mol. The average Bonchev–Trinajstić information content (AvgIpc) is 3.22. The summed E-state index contributed by atoms with van der Waals surface area (Å²) in [5.41, 5.74) is 2.38. The van der Waals surface area contributed by atoms with Gasteiger partial charge in [-0.3, -0.25) is 0 Å². The van der Waals surface area contributed by atoms with Gasteiger partial charge < -0.3 is 10.6 Å². The van der Waals surface area contributed by atoms with Crippen molar-refractivity contribution in [2.24, 2.45) is 0 Å². The van der Waals surface area contributed by atoms with Crippen molar-refractivity contribution in [3.8, 4) is 0 Å². The molecule has 2 N–H and O–H groups in total. The highest BCUT2D eigenvalue weighted by Gasteiger charge is 2.22. The minimum absolute atomic E-state index is 0.0686. The highest BCUT2D eigenvalue weighted by molar-refractivity contribution is 5.62. The molecule has 0 saturated heterocycles. The van der Waals surface area contributed by atoms with Crippen LogP contribution in [0.25, 0.3) is 0 Å².